The van der Waals surface area contributed by atoms with Crippen molar-refractivity contribution in [1.29, 1.82) is 0 Å². The maximum Gasteiger partial charge on any atom is 0.224 e. The van der Waals surface area contributed by atoms with Crippen LogP contribution >= 0.6 is 24.0 Å². The number of benzene rings is 1. The highest BCUT2D eigenvalue weighted by molar-refractivity contribution is 14.0. The fourth-order valence-corrected chi connectivity index (χ4v) is 3.66. The Kier molecular flexibility index (Phi) is 11.2. The Bertz CT molecular complexity index is 901. The molecule has 180 valence electrons. The molecule has 1 aromatic heterocycles. The van der Waals surface area contributed by atoms with Crippen LogP contribution in [0.1, 0.15) is 24.5 Å². The van der Waals surface area contributed by atoms with E-state index in [1.165, 1.54) is 0 Å². The largest absolute Gasteiger partial charge is 0.496 e. The highest BCUT2D eigenvalue weighted by atomic mass is 127. The molecule has 0 aliphatic carbocycles. The van der Waals surface area contributed by atoms with Crippen molar-refractivity contribution >= 4 is 41.7 Å². The summed E-state index contributed by atoms with van der Waals surface area (Å²) in [7, 11) is 1.67. The molecule has 1 aromatic carbocycles. The molecule has 9 heteroatoms. The van der Waals surface area contributed by atoms with Gasteiger partial charge in [-0.05, 0) is 37.6 Å². The SMILES string of the molecule is CCNC(=NCc1ccc(C)cc1OC)NCCC(=O)N1CCN(c2ccccn2)CC1.I. The Balaban J connectivity index is 0.00000385. The first kappa shape index (κ1) is 26.7. The molecule has 0 bridgehead atoms. The maximum absolute atomic E-state index is 12.7. The minimum absolute atomic E-state index is 0. The van der Waals surface area contributed by atoms with E-state index < -0.39 is 0 Å². The lowest BCUT2D eigenvalue weighted by atomic mass is 10.1. The third kappa shape index (κ3) is 8.06. The number of nitrogens with one attached hydrogen (secondary N) is 2. The summed E-state index contributed by atoms with van der Waals surface area (Å²) >= 11 is 0. The molecule has 0 saturated carbocycles. The van der Waals surface area contributed by atoms with E-state index in [0.717, 1.165) is 55.4 Å². The first-order chi connectivity index (χ1) is 15.6. The lowest BCUT2D eigenvalue weighted by Crippen LogP contribution is -2.49. The van der Waals surface area contributed by atoms with Gasteiger partial charge < -0.3 is 25.2 Å². The number of nitrogens with zero attached hydrogens (tertiary/aromatic N) is 4. The molecular formula is C24H35IN6O2. The number of ether oxygens (including phenoxy) is 1. The molecule has 2 N–H and O–H groups in total. The lowest BCUT2D eigenvalue weighted by molar-refractivity contribution is -0.131. The summed E-state index contributed by atoms with van der Waals surface area (Å²) in [6.07, 6.45) is 2.23. The van der Waals surface area contributed by atoms with Gasteiger partial charge in [0.15, 0.2) is 5.96 Å². The van der Waals surface area contributed by atoms with Gasteiger partial charge in [0.1, 0.15) is 11.6 Å². The number of hydrogen-bond acceptors (Lipinski definition) is 5. The van der Waals surface area contributed by atoms with E-state index in [1.807, 2.05) is 49.1 Å². The fourth-order valence-electron chi connectivity index (χ4n) is 3.66. The molecule has 1 amide bonds. The lowest BCUT2D eigenvalue weighted by Gasteiger charge is -2.35. The highest BCUT2D eigenvalue weighted by Gasteiger charge is 2.21. The number of guanidine groups is 1. The summed E-state index contributed by atoms with van der Waals surface area (Å²) in [6.45, 7) is 8.90. The quantitative estimate of drug-likeness (QED) is 0.291. The molecule has 1 aliphatic rings. The van der Waals surface area contributed by atoms with Crippen LogP contribution in [0.2, 0.25) is 0 Å². The van der Waals surface area contributed by atoms with Crippen molar-refractivity contribution in [3.05, 3.63) is 53.7 Å². The molecule has 33 heavy (non-hydrogen) atoms. The Morgan fingerprint density at radius 3 is 2.61 bits per heavy atom. The number of aromatic nitrogens is 1. The zero-order valence-electron chi connectivity index (χ0n) is 19.7. The van der Waals surface area contributed by atoms with Crippen molar-refractivity contribution in [2.24, 2.45) is 4.99 Å². The summed E-state index contributed by atoms with van der Waals surface area (Å²) in [4.78, 5) is 25.9. The van der Waals surface area contributed by atoms with E-state index in [1.54, 1.807) is 13.3 Å². The molecule has 1 saturated heterocycles. The first-order valence-electron chi connectivity index (χ1n) is 11.2. The van der Waals surface area contributed by atoms with Crippen LogP contribution in [0.4, 0.5) is 5.82 Å². The van der Waals surface area contributed by atoms with Crippen LogP contribution in [-0.4, -0.2) is 68.1 Å². The number of piperazine rings is 1. The molecule has 3 rings (SSSR count). The second-order valence-corrected chi connectivity index (χ2v) is 7.74. The van der Waals surface area contributed by atoms with Gasteiger partial charge in [-0.3, -0.25) is 4.79 Å². The van der Waals surface area contributed by atoms with Crippen molar-refractivity contribution in [3.8, 4) is 5.75 Å². The monoisotopic (exact) mass is 566 g/mol. The normalized spacial score (nSPS) is 13.8. The number of carbonyl (C=O) groups excluding carboxylic acids is 1. The number of hydrogen-bond donors (Lipinski definition) is 2. The van der Waals surface area contributed by atoms with Crippen LogP contribution in [-0.2, 0) is 11.3 Å². The minimum atomic E-state index is 0. The second kappa shape index (κ2) is 13.9. The number of aliphatic imine (C=N–C) groups is 1. The molecular weight excluding hydrogens is 531 g/mol. The smallest absolute Gasteiger partial charge is 0.224 e. The number of rotatable bonds is 8. The number of carbonyl (C=O) groups is 1. The predicted molar refractivity (Wildman–Crippen MR) is 144 cm³/mol. The predicted octanol–water partition coefficient (Wildman–Crippen LogP) is 2.81. The highest BCUT2D eigenvalue weighted by Crippen LogP contribution is 2.20. The number of amides is 1. The maximum atomic E-state index is 12.7. The van der Waals surface area contributed by atoms with Crippen molar-refractivity contribution < 1.29 is 9.53 Å². The van der Waals surface area contributed by atoms with E-state index in [-0.39, 0.29) is 29.9 Å². The van der Waals surface area contributed by atoms with Crippen LogP contribution in [0.25, 0.3) is 0 Å². The summed E-state index contributed by atoms with van der Waals surface area (Å²) in [5.74, 6) is 2.67. The van der Waals surface area contributed by atoms with Gasteiger partial charge in [-0.1, -0.05) is 18.2 Å². The van der Waals surface area contributed by atoms with Crippen LogP contribution in [0, 0.1) is 6.92 Å². The Morgan fingerprint density at radius 2 is 1.94 bits per heavy atom. The Labute approximate surface area is 213 Å². The van der Waals surface area contributed by atoms with Crippen molar-refractivity contribution in [1.82, 2.24) is 20.5 Å². The van der Waals surface area contributed by atoms with E-state index in [4.69, 9.17) is 4.74 Å². The number of aryl methyl sites for hydroxylation is 1. The summed E-state index contributed by atoms with van der Waals surface area (Å²) in [6, 6.07) is 12.0. The zero-order valence-corrected chi connectivity index (χ0v) is 22.0. The average Bonchev–Trinajstić information content (AvgIpc) is 2.83. The molecule has 0 spiro atoms. The van der Waals surface area contributed by atoms with Crippen LogP contribution in [0.5, 0.6) is 5.75 Å². The summed E-state index contributed by atoms with van der Waals surface area (Å²) < 4.78 is 5.47. The van der Waals surface area contributed by atoms with Gasteiger partial charge in [-0.15, -0.1) is 24.0 Å². The van der Waals surface area contributed by atoms with Crippen LogP contribution in [0.3, 0.4) is 0 Å². The molecule has 0 radical (unpaired) electrons. The number of pyridine rings is 1. The van der Waals surface area contributed by atoms with Gasteiger partial charge in [0.05, 0.1) is 13.7 Å². The third-order valence-electron chi connectivity index (χ3n) is 5.43. The zero-order chi connectivity index (χ0) is 22.8. The minimum Gasteiger partial charge on any atom is -0.496 e. The van der Waals surface area contributed by atoms with E-state index >= 15 is 0 Å². The van der Waals surface area contributed by atoms with Crippen molar-refractivity contribution in [2.45, 2.75) is 26.8 Å². The van der Waals surface area contributed by atoms with Gasteiger partial charge in [0.25, 0.3) is 0 Å². The van der Waals surface area contributed by atoms with Gasteiger partial charge in [-0.25, -0.2) is 9.98 Å². The molecule has 8 nitrogen and oxygen atoms in total. The average molecular weight is 566 g/mol. The number of anilines is 1. The van der Waals surface area contributed by atoms with Crippen LogP contribution in [0.15, 0.2) is 47.6 Å². The van der Waals surface area contributed by atoms with Gasteiger partial charge >= 0.3 is 0 Å². The van der Waals surface area contributed by atoms with Crippen molar-refractivity contribution in [3.63, 3.8) is 0 Å². The second-order valence-electron chi connectivity index (χ2n) is 7.74. The van der Waals surface area contributed by atoms with Gasteiger partial charge in [0.2, 0.25) is 5.91 Å². The van der Waals surface area contributed by atoms with Gasteiger partial charge in [-0.2, -0.15) is 0 Å². The topological polar surface area (TPSA) is 82.1 Å². The van der Waals surface area contributed by atoms with E-state index in [0.29, 0.717) is 25.5 Å². The molecule has 2 aromatic rings. The van der Waals surface area contributed by atoms with E-state index in [2.05, 4.69) is 31.6 Å². The number of halogens is 1. The standard InChI is InChI=1S/C24H34N6O2.HI/c1-4-25-24(28-18-20-9-8-19(2)17-21(20)32-3)27-12-10-23(31)30-15-13-29(14-16-30)22-7-5-6-11-26-22;/h5-9,11,17H,4,10,12-16,18H2,1-3H3,(H2,25,27,28);1H. The molecule has 2 heterocycles. The summed E-state index contributed by atoms with van der Waals surface area (Å²) in [5.41, 5.74) is 2.18. The third-order valence-corrected chi connectivity index (χ3v) is 5.43. The van der Waals surface area contributed by atoms with Gasteiger partial charge in [0, 0.05) is 57.4 Å². The number of methoxy groups -OCH3 is 1. The Hall–Kier alpha value is -2.56. The molecule has 1 fully saturated rings. The molecule has 0 atom stereocenters. The van der Waals surface area contributed by atoms with Crippen LogP contribution < -0.4 is 20.3 Å². The first-order valence-corrected chi connectivity index (χ1v) is 11.2. The fraction of sp³-hybridized carbons (Fsp3) is 0.458. The van der Waals surface area contributed by atoms with Crippen molar-refractivity contribution in [2.75, 3.05) is 51.3 Å². The molecule has 1 aliphatic heterocycles. The van der Waals surface area contributed by atoms with E-state index in [9.17, 15) is 4.79 Å². The molecule has 0 unspecified atom stereocenters. The summed E-state index contributed by atoms with van der Waals surface area (Å²) in [5, 5.41) is 6.51. The Morgan fingerprint density at radius 1 is 1.15 bits per heavy atom.